The standard InChI is InChI=1S/C20H17N5O/c26-19(22-14-16-8-10-21-11-9-16)18-15-23-25(17-6-2-1-3-7-17)20(18)24-12-4-5-13-24/h1-13,15H,14H2,(H,22,26). The largest absolute Gasteiger partial charge is 0.348 e. The predicted octanol–water partition coefficient (Wildman–Crippen LogP) is 2.99. The first-order valence-corrected chi connectivity index (χ1v) is 8.27. The molecule has 0 saturated carbocycles. The molecule has 0 saturated heterocycles. The third-order valence-corrected chi connectivity index (χ3v) is 4.04. The second-order valence-corrected chi connectivity index (χ2v) is 5.76. The molecule has 6 heteroatoms. The van der Waals surface area contributed by atoms with Crippen molar-refractivity contribution in [1.82, 2.24) is 24.6 Å². The molecule has 0 bridgehead atoms. The number of nitrogens with one attached hydrogen (secondary N) is 1. The molecular weight excluding hydrogens is 326 g/mol. The Bertz CT molecular complexity index is 991. The van der Waals surface area contributed by atoms with Gasteiger partial charge in [0, 0.05) is 31.3 Å². The highest BCUT2D eigenvalue weighted by molar-refractivity contribution is 5.97. The average molecular weight is 343 g/mol. The van der Waals surface area contributed by atoms with Crippen LogP contribution in [0.4, 0.5) is 0 Å². The Balaban J connectivity index is 1.68. The van der Waals surface area contributed by atoms with Crippen LogP contribution in [0.3, 0.4) is 0 Å². The zero-order valence-electron chi connectivity index (χ0n) is 14.0. The number of carbonyl (C=O) groups is 1. The first-order valence-electron chi connectivity index (χ1n) is 8.27. The summed E-state index contributed by atoms with van der Waals surface area (Å²) in [5.74, 6) is 0.529. The Kier molecular flexibility index (Phi) is 4.30. The van der Waals surface area contributed by atoms with Gasteiger partial charge in [0.2, 0.25) is 0 Å². The molecule has 128 valence electrons. The second-order valence-electron chi connectivity index (χ2n) is 5.76. The number of nitrogens with zero attached hydrogens (tertiary/aromatic N) is 4. The van der Waals surface area contributed by atoms with Crippen LogP contribution in [0, 0.1) is 0 Å². The minimum Gasteiger partial charge on any atom is -0.348 e. The molecule has 4 aromatic rings. The summed E-state index contributed by atoms with van der Waals surface area (Å²) < 4.78 is 3.66. The van der Waals surface area contributed by atoms with Crippen molar-refractivity contribution < 1.29 is 4.79 Å². The van der Waals surface area contributed by atoms with Crippen LogP contribution in [0.25, 0.3) is 11.5 Å². The van der Waals surface area contributed by atoms with E-state index >= 15 is 0 Å². The van der Waals surface area contributed by atoms with E-state index < -0.39 is 0 Å². The van der Waals surface area contributed by atoms with E-state index in [9.17, 15) is 4.79 Å². The molecule has 6 nitrogen and oxygen atoms in total. The van der Waals surface area contributed by atoms with Gasteiger partial charge in [-0.25, -0.2) is 4.68 Å². The summed E-state index contributed by atoms with van der Waals surface area (Å²) in [7, 11) is 0. The van der Waals surface area contributed by atoms with Crippen LogP contribution in [-0.2, 0) is 6.54 Å². The first kappa shape index (κ1) is 15.8. The number of para-hydroxylation sites is 1. The average Bonchev–Trinajstić information content (AvgIpc) is 3.37. The fourth-order valence-corrected chi connectivity index (χ4v) is 2.76. The number of hydrogen-bond acceptors (Lipinski definition) is 3. The summed E-state index contributed by atoms with van der Waals surface area (Å²) in [4.78, 5) is 16.8. The lowest BCUT2D eigenvalue weighted by molar-refractivity contribution is 0.0951. The van der Waals surface area contributed by atoms with Gasteiger partial charge >= 0.3 is 0 Å². The van der Waals surface area contributed by atoms with Gasteiger partial charge in [0.1, 0.15) is 5.56 Å². The Hall–Kier alpha value is -3.67. The Morgan fingerprint density at radius 3 is 2.42 bits per heavy atom. The maximum atomic E-state index is 12.8. The highest BCUT2D eigenvalue weighted by Gasteiger charge is 2.19. The zero-order valence-corrected chi connectivity index (χ0v) is 14.0. The Labute approximate surface area is 150 Å². The normalized spacial score (nSPS) is 10.6. The Morgan fingerprint density at radius 1 is 0.962 bits per heavy atom. The first-order chi connectivity index (χ1) is 12.8. The highest BCUT2D eigenvalue weighted by atomic mass is 16.1. The molecule has 0 unspecified atom stereocenters. The molecule has 1 amide bonds. The van der Waals surface area contributed by atoms with E-state index in [0.717, 1.165) is 11.3 Å². The lowest BCUT2D eigenvalue weighted by atomic mass is 10.2. The summed E-state index contributed by atoms with van der Waals surface area (Å²) in [6.45, 7) is 0.434. The van der Waals surface area contributed by atoms with Gasteiger partial charge in [0.05, 0.1) is 11.9 Å². The van der Waals surface area contributed by atoms with Crippen LogP contribution in [0.2, 0.25) is 0 Å². The number of aromatic nitrogens is 4. The van der Waals surface area contributed by atoms with Crippen molar-refractivity contribution >= 4 is 5.91 Å². The number of benzene rings is 1. The second kappa shape index (κ2) is 7.06. The van der Waals surface area contributed by atoms with Crippen molar-refractivity contribution in [2.24, 2.45) is 0 Å². The third kappa shape index (κ3) is 3.12. The van der Waals surface area contributed by atoms with Crippen LogP contribution < -0.4 is 5.32 Å². The van der Waals surface area contributed by atoms with E-state index in [1.807, 2.05) is 71.6 Å². The molecule has 1 aromatic carbocycles. The van der Waals surface area contributed by atoms with Gasteiger partial charge < -0.3 is 9.88 Å². The van der Waals surface area contributed by atoms with Crippen molar-refractivity contribution in [3.05, 3.63) is 96.7 Å². The predicted molar refractivity (Wildman–Crippen MR) is 98.3 cm³/mol. The molecule has 4 rings (SSSR count). The van der Waals surface area contributed by atoms with E-state index in [0.29, 0.717) is 17.9 Å². The fraction of sp³-hybridized carbons (Fsp3) is 0.0500. The molecular formula is C20H17N5O. The highest BCUT2D eigenvalue weighted by Crippen LogP contribution is 2.19. The van der Waals surface area contributed by atoms with Crippen LogP contribution in [-0.4, -0.2) is 25.2 Å². The number of carbonyl (C=O) groups excluding carboxylic acids is 1. The lowest BCUT2D eigenvalue weighted by Gasteiger charge is -2.11. The number of rotatable bonds is 5. The van der Waals surface area contributed by atoms with Crippen LogP contribution in [0.1, 0.15) is 15.9 Å². The molecule has 3 heterocycles. The van der Waals surface area contributed by atoms with Gasteiger partial charge in [-0.05, 0) is 42.0 Å². The summed E-state index contributed by atoms with van der Waals surface area (Å²) >= 11 is 0. The minimum atomic E-state index is -0.173. The SMILES string of the molecule is O=C(NCc1ccncc1)c1cnn(-c2ccccc2)c1-n1cccc1. The van der Waals surface area contributed by atoms with E-state index in [4.69, 9.17) is 0 Å². The molecule has 1 N–H and O–H groups in total. The van der Waals surface area contributed by atoms with Gasteiger partial charge in [-0.2, -0.15) is 5.10 Å². The molecule has 26 heavy (non-hydrogen) atoms. The van der Waals surface area contributed by atoms with Gasteiger partial charge in [-0.1, -0.05) is 18.2 Å². The van der Waals surface area contributed by atoms with E-state index in [1.54, 1.807) is 23.3 Å². The van der Waals surface area contributed by atoms with Crippen molar-refractivity contribution in [2.45, 2.75) is 6.54 Å². The quantitative estimate of drug-likeness (QED) is 0.606. The van der Waals surface area contributed by atoms with Gasteiger partial charge in [0.25, 0.3) is 5.91 Å². The topological polar surface area (TPSA) is 64.7 Å². The van der Waals surface area contributed by atoms with Gasteiger partial charge in [-0.3, -0.25) is 9.78 Å². The maximum Gasteiger partial charge on any atom is 0.256 e. The minimum absolute atomic E-state index is 0.173. The van der Waals surface area contributed by atoms with Crippen molar-refractivity contribution in [3.63, 3.8) is 0 Å². The molecule has 3 aromatic heterocycles. The van der Waals surface area contributed by atoms with E-state index in [2.05, 4.69) is 15.4 Å². The van der Waals surface area contributed by atoms with Gasteiger partial charge in [0.15, 0.2) is 5.82 Å². The molecule has 0 spiro atoms. The van der Waals surface area contributed by atoms with E-state index in [1.165, 1.54) is 0 Å². The third-order valence-electron chi connectivity index (χ3n) is 4.04. The molecule has 0 aliphatic heterocycles. The lowest BCUT2D eigenvalue weighted by Crippen LogP contribution is -2.24. The van der Waals surface area contributed by atoms with Crippen molar-refractivity contribution in [2.75, 3.05) is 0 Å². The summed E-state index contributed by atoms with van der Waals surface area (Å²) in [5.41, 5.74) is 2.40. The van der Waals surface area contributed by atoms with Crippen LogP contribution >= 0.6 is 0 Å². The molecule has 0 aliphatic rings. The fourth-order valence-electron chi connectivity index (χ4n) is 2.76. The molecule has 0 atom stereocenters. The molecule has 0 fully saturated rings. The van der Waals surface area contributed by atoms with Crippen LogP contribution in [0.5, 0.6) is 0 Å². The number of pyridine rings is 1. The number of hydrogen-bond donors (Lipinski definition) is 1. The Morgan fingerprint density at radius 2 is 1.69 bits per heavy atom. The van der Waals surface area contributed by atoms with Crippen molar-refractivity contribution in [1.29, 1.82) is 0 Å². The van der Waals surface area contributed by atoms with Gasteiger partial charge in [-0.15, -0.1) is 0 Å². The maximum absolute atomic E-state index is 12.8. The molecule has 0 aliphatic carbocycles. The van der Waals surface area contributed by atoms with E-state index in [-0.39, 0.29) is 5.91 Å². The number of amides is 1. The smallest absolute Gasteiger partial charge is 0.256 e. The monoisotopic (exact) mass is 343 g/mol. The van der Waals surface area contributed by atoms with Crippen LogP contribution in [0.15, 0.2) is 85.6 Å². The zero-order chi connectivity index (χ0) is 17.8. The summed E-state index contributed by atoms with van der Waals surface area (Å²) in [5, 5.41) is 7.39. The summed E-state index contributed by atoms with van der Waals surface area (Å²) in [6, 6.07) is 17.3. The summed E-state index contributed by atoms with van der Waals surface area (Å²) in [6.07, 6.45) is 8.82. The van der Waals surface area contributed by atoms with Crippen molar-refractivity contribution in [3.8, 4) is 11.5 Å². The molecule has 0 radical (unpaired) electrons.